The molecule has 0 radical (unpaired) electrons. The average molecular weight is 315 g/mol. The van der Waals surface area contributed by atoms with Crippen LogP contribution in [0.2, 0.25) is 0 Å². The third kappa shape index (κ3) is 2.66. The lowest BCUT2D eigenvalue weighted by atomic mass is 10.1. The van der Waals surface area contributed by atoms with E-state index in [0.29, 0.717) is 30.0 Å². The van der Waals surface area contributed by atoms with Gasteiger partial charge in [-0.05, 0) is 12.1 Å². The van der Waals surface area contributed by atoms with Crippen LogP contribution in [-0.2, 0) is 9.59 Å². The Morgan fingerprint density at radius 1 is 1.17 bits per heavy atom. The van der Waals surface area contributed by atoms with Gasteiger partial charge in [0.2, 0.25) is 5.76 Å². The van der Waals surface area contributed by atoms with Gasteiger partial charge in [-0.2, -0.15) is 0 Å². The number of amides is 2. The zero-order valence-electron chi connectivity index (χ0n) is 12.2. The highest BCUT2D eigenvalue weighted by atomic mass is 16.5. The maximum absolute atomic E-state index is 12.0. The number of piperazine rings is 1. The van der Waals surface area contributed by atoms with E-state index in [0.717, 1.165) is 0 Å². The number of aromatic carboxylic acids is 1. The number of hydrogen-bond donors (Lipinski definition) is 1. The van der Waals surface area contributed by atoms with Gasteiger partial charge in [0, 0.05) is 37.5 Å². The molecule has 8 nitrogen and oxygen atoms in total. The lowest BCUT2D eigenvalue weighted by molar-refractivity contribution is -0.145. The standard InChI is InChI=1S/C15H13N3O5/c1-17-6-7-18(14(20)13(17)19)10-4-2-9(3-5-10)11-8-12(15(21)22)23-16-11/h2-5,8H,6-7H2,1H3,(H,21,22). The summed E-state index contributed by atoms with van der Waals surface area (Å²) in [5.41, 5.74) is 1.63. The van der Waals surface area contributed by atoms with Crippen molar-refractivity contribution in [1.82, 2.24) is 10.1 Å². The van der Waals surface area contributed by atoms with Gasteiger partial charge in [-0.25, -0.2) is 4.79 Å². The van der Waals surface area contributed by atoms with Gasteiger partial charge in [0.05, 0.1) is 0 Å². The number of anilines is 1. The lowest BCUT2D eigenvalue weighted by Gasteiger charge is -2.31. The van der Waals surface area contributed by atoms with Crippen molar-refractivity contribution in [3.63, 3.8) is 0 Å². The second kappa shape index (κ2) is 5.56. The fourth-order valence-electron chi connectivity index (χ4n) is 2.30. The molecule has 118 valence electrons. The number of hydrogen-bond acceptors (Lipinski definition) is 5. The van der Waals surface area contributed by atoms with E-state index in [-0.39, 0.29) is 5.76 Å². The van der Waals surface area contributed by atoms with E-state index in [1.54, 1.807) is 31.3 Å². The monoisotopic (exact) mass is 315 g/mol. The van der Waals surface area contributed by atoms with Crippen LogP contribution in [0.4, 0.5) is 5.69 Å². The molecule has 1 aliphatic rings. The summed E-state index contributed by atoms with van der Waals surface area (Å²) in [4.78, 5) is 37.3. The molecule has 2 heterocycles. The number of carbonyl (C=O) groups is 3. The molecule has 1 aliphatic heterocycles. The molecule has 0 unspecified atom stereocenters. The van der Waals surface area contributed by atoms with Crippen LogP contribution in [0.15, 0.2) is 34.9 Å². The Morgan fingerprint density at radius 2 is 1.87 bits per heavy atom. The molecule has 8 heteroatoms. The van der Waals surface area contributed by atoms with Gasteiger partial charge in [0.1, 0.15) is 5.69 Å². The van der Waals surface area contributed by atoms with E-state index in [4.69, 9.17) is 9.63 Å². The molecular formula is C15H13N3O5. The summed E-state index contributed by atoms with van der Waals surface area (Å²) in [6.45, 7) is 0.894. The summed E-state index contributed by atoms with van der Waals surface area (Å²) in [6, 6.07) is 8.06. The number of carboxylic acid groups (broad SMARTS) is 1. The number of rotatable bonds is 3. The first-order valence-corrected chi connectivity index (χ1v) is 6.85. The van der Waals surface area contributed by atoms with Crippen LogP contribution in [0.3, 0.4) is 0 Å². The van der Waals surface area contributed by atoms with E-state index >= 15 is 0 Å². The van der Waals surface area contributed by atoms with Crippen molar-refractivity contribution in [2.45, 2.75) is 0 Å². The minimum absolute atomic E-state index is 0.246. The Hall–Kier alpha value is -3.16. The van der Waals surface area contributed by atoms with Gasteiger partial charge in [0.15, 0.2) is 0 Å². The highest BCUT2D eigenvalue weighted by molar-refractivity contribution is 6.40. The number of carbonyl (C=O) groups excluding carboxylic acids is 2. The maximum Gasteiger partial charge on any atom is 0.374 e. The molecule has 0 aliphatic carbocycles. The Balaban J connectivity index is 1.83. The van der Waals surface area contributed by atoms with Crippen molar-refractivity contribution < 1.29 is 24.0 Å². The molecular weight excluding hydrogens is 302 g/mol. The van der Waals surface area contributed by atoms with Crippen LogP contribution in [0.5, 0.6) is 0 Å². The summed E-state index contributed by atoms with van der Waals surface area (Å²) < 4.78 is 4.71. The van der Waals surface area contributed by atoms with Crippen molar-refractivity contribution in [2.75, 3.05) is 25.0 Å². The highest BCUT2D eigenvalue weighted by Crippen LogP contribution is 2.24. The largest absolute Gasteiger partial charge is 0.475 e. The predicted molar refractivity (Wildman–Crippen MR) is 78.9 cm³/mol. The number of aromatic nitrogens is 1. The SMILES string of the molecule is CN1CCN(c2ccc(-c3cc(C(=O)O)on3)cc2)C(=O)C1=O. The molecule has 1 saturated heterocycles. The quantitative estimate of drug-likeness (QED) is 0.842. The Bertz CT molecular complexity index is 781. The Kier molecular flexibility index (Phi) is 3.57. The third-order valence-corrected chi connectivity index (χ3v) is 3.63. The number of nitrogens with zero attached hydrogens (tertiary/aromatic N) is 3. The van der Waals surface area contributed by atoms with Crippen molar-refractivity contribution in [3.05, 3.63) is 36.1 Å². The van der Waals surface area contributed by atoms with Crippen molar-refractivity contribution in [1.29, 1.82) is 0 Å². The van der Waals surface area contributed by atoms with Gasteiger partial charge >= 0.3 is 17.8 Å². The van der Waals surface area contributed by atoms with Gasteiger partial charge in [-0.1, -0.05) is 17.3 Å². The van der Waals surface area contributed by atoms with E-state index < -0.39 is 17.8 Å². The molecule has 1 aromatic carbocycles. The summed E-state index contributed by atoms with van der Waals surface area (Å²) in [7, 11) is 1.59. The molecule has 0 bridgehead atoms. The fraction of sp³-hybridized carbons (Fsp3) is 0.200. The molecule has 3 rings (SSSR count). The van der Waals surface area contributed by atoms with Crippen LogP contribution in [0.25, 0.3) is 11.3 Å². The van der Waals surface area contributed by atoms with Crippen LogP contribution >= 0.6 is 0 Å². The minimum Gasteiger partial charge on any atom is -0.475 e. The summed E-state index contributed by atoms with van der Waals surface area (Å²) in [5.74, 6) is -2.55. The zero-order chi connectivity index (χ0) is 16.6. The van der Waals surface area contributed by atoms with Gasteiger partial charge in [0.25, 0.3) is 0 Å². The van der Waals surface area contributed by atoms with Gasteiger partial charge < -0.3 is 19.4 Å². The molecule has 1 fully saturated rings. The highest BCUT2D eigenvalue weighted by Gasteiger charge is 2.31. The molecule has 1 aromatic heterocycles. The van der Waals surface area contributed by atoms with Gasteiger partial charge in [-0.15, -0.1) is 0 Å². The first-order chi connectivity index (χ1) is 11.0. The molecule has 23 heavy (non-hydrogen) atoms. The molecule has 0 spiro atoms. The second-order valence-electron chi connectivity index (χ2n) is 5.11. The minimum atomic E-state index is -1.19. The first kappa shape index (κ1) is 14.8. The van der Waals surface area contributed by atoms with Gasteiger partial charge in [-0.3, -0.25) is 9.59 Å². The fourth-order valence-corrected chi connectivity index (χ4v) is 2.30. The maximum atomic E-state index is 12.0. The summed E-state index contributed by atoms with van der Waals surface area (Å²) >= 11 is 0. The lowest BCUT2D eigenvalue weighted by Crippen LogP contribution is -2.52. The second-order valence-corrected chi connectivity index (χ2v) is 5.11. The number of benzene rings is 1. The molecule has 0 saturated carbocycles. The number of carboxylic acids is 1. The Labute approximate surface area is 130 Å². The average Bonchev–Trinajstić information content (AvgIpc) is 3.03. The summed E-state index contributed by atoms with van der Waals surface area (Å²) in [6.07, 6.45) is 0. The van der Waals surface area contributed by atoms with Crippen molar-refractivity contribution >= 4 is 23.5 Å². The van der Waals surface area contributed by atoms with E-state index in [1.165, 1.54) is 15.9 Å². The third-order valence-electron chi connectivity index (χ3n) is 3.63. The predicted octanol–water partition coefficient (Wildman–Crippen LogP) is 0.845. The smallest absolute Gasteiger partial charge is 0.374 e. The molecule has 1 N–H and O–H groups in total. The first-order valence-electron chi connectivity index (χ1n) is 6.85. The topological polar surface area (TPSA) is 104 Å². The zero-order valence-corrected chi connectivity index (χ0v) is 12.2. The van der Waals surface area contributed by atoms with Crippen LogP contribution in [0, 0.1) is 0 Å². The molecule has 0 atom stereocenters. The van der Waals surface area contributed by atoms with Crippen molar-refractivity contribution in [3.8, 4) is 11.3 Å². The number of likely N-dealkylation sites (N-methyl/N-ethyl adjacent to an activating group) is 1. The van der Waals surface area contributed by atoms with Crippen LogP contribution in [0.1, 0.15) is 10.6 Å². The van der Waals surface area contributed by atoms with Crippen LogP contribution < -0.4 is 4.90 Å². The molecule has 2 amide bonds. The summed E-state index contributed by atoms with van der Waals surface area (Å²) in [5, 5.41) is 12.5. The normalized spacial score (nSPS) is 15.2. The molecule has 2 aromatic rings. The van der Waals surface area contributed by atoms with Crippen LogP contribution in [-0.4, -0.2) is 53.1 Å². The van der Waals surface area contributed by atoms with Crippen molar-refractivity contribution in [2.24, 2.45) is 0 Å². The van der Waals surface area contributed by atoms with E-state index in [9.17, 15) is 14.4 Å². The van der Waals surface area contributed by atoms with E-state index in [2.05, 4.69) is 5.16 Å². The Morgan fingerprint density at radius 3 is 2.48 bits per heavy atom. The van der Waals surface area contributed by atoms with E-state index in [1.807, 2.05) is 0 Å².